The maximum atomic E-state index is 12.7. The quantitative estimate of drug-likeness (QED) is 0.909. The van der Waals surface area contributed by atoms with Gasteiger partial charge in [-0.05, 0) is 13.5 Å². The van der Waals surface area contributed by atoms with Crippen LogP contribution >= 0.6 is 0 Å². The highest BCUT2D eigenvalue weighted by atomic mass is 16.2. The van der Waals surface area contributed by atoms with Gasteiger partial charge >= 0.3 is 0 Å². The van der Waals surface area contributed by atoms with Crippen LogP contribution in [0.3, 0.4) is 0 Å². The lowest BCUT2D eigenvalue weighted by atomic mass is 10.1. The Morgan fingerprint density at radius 2 is 2.19 bits per heavy atom. The predicted octanol–water partition coefficient (Wildman–Crippen LogP) is 1.35. The van der Waals surface area contributed by atoms with Crippen LogP contribution in [-0.2, 0) is 0 Å². The summed E-state index contributed by atoms with van der Waals surface area (Å²) in [4.78, 5) is 25.4. The van der Waals surface area contributed by atoms with Gasteiger partial charge in [-0.2, -0.15) is 0 Å². The van der Waals surface area contributed by atoms with Gasteiger partial charge in [0.2, 0.25) is 0 Å². The standard InChI is InChI=1S/C15H25N5O/c1-5-19-6-7-20(9-11(19)4)15(21)13-12(16)8-17-14(18-13)10(2)3/h8,10-11H,5-7,9,16H2,1-4H3. The van der Waals surface area contributed by atoms with Crippen LogP contribution in [0.15, 0.2) is 6.20 Å². The van der Waals surface area contributed by atoms with Crippen molar-refractivity contribution in [2.24, 2.45) is 0 Å². The molecule has 1 aliphatic heterocycles. The first kappa shape index (κ1) is 15.7. The highest BCUT2D eigenvalue weighted by molar-refractivity contribution is 5.97. The van der Waals surface area contributed by atoms with Crippen molar-refractivity contribution in [2.45, 2.75) is 39.7 Å². The lowest BCUT2D eigenvalue weighted by Gasteiger charge is -2.39. The summed E-state index contributed by atoms with van der Waals surface area (Å²) in [6.45, 7) is 11.6. The van der Waals surface area contributed by atoms with Crippen molar-refractivity contribution < 1.29 is 4.79 Å². The largest absolute Gasteiger partial charge is 0.396 e. The first-order chi connectivity index (χ1) is 9.93. The average Bonchev–Trinajstić information content (AvgIpc) is 2.46. The van der Waals surface area contributed by atoms with Crippen LogP contribution in [0.25, 0.3) is 0 Å². The Bertz CT molecular complexity index is 517. The molecule has 0 aliphatic carbocycles. The van der Waals surface area contributed by atoms with Gasteiger partial charge in [0.15, 0.2) is 5.69 Å². The molecule has 2 rings (SSSR count). The molecule has 1 unspecified atom stereocenters. The summed E-state index contributed by atoms with van der Waals surface area (Å²) in [6.07, 6.45) is 1.54. The number of nitrogens with zero attached hydrogens (tertiary/aromatic N) is 4. The van der Waals surface area contributed by atoms with Crippen LogP contribution in [0, 0.1) is 0 Å². The van der Waals surface area contributed by atoms with Gasteiger partial charge < -0.3 is 10.6 Å². The topological polar surface area (TPSA) is 75.3 Å². The monoisotopic (exact) mass is 291 g/mol. The van der Waals surface area contributed by atoms with Gasteiger partial charge in [0.05, 0.1) is 11.9 Å². The third kappa shape index (κ3) is 3.32. The maximum Gasteiger partial charge on any atom is 0.274 e. The van der Waals surface area contributed by atoms with Crippen molar-refractivity contribution >= 4 is 11.6 Å². The van der Waals surface area contributed by atoms with E-state index in [9.17, 15) is 4.79 Å². The van der Waals surface area contributed by atoms with E-state index in [-0.39, 0.29) is 11.8 Å². The molecule has 0 radical (unpaired) electrons. The summed E-state index contributed by atoms with van der Waals surface area (Å²) >= 11 is 0. The molecule has 1 aromatic rings. The molecule has 0 aromatic carbocycles. The number of likely N-dealkylation sites (N-methyl/N-ethyl adjacent to an activating group) is 1. The van der Waals surface area contributed by atoms with Crippen LogP contribution in [0.1, 0.15) is 49.9 Å². The maximum absolute atomic E-state index is 12.7. The summed E-state index contributed by atoms with van der Waals surface area (Å²) in [5, 5.41) is 0. The van der Waals surface area contributed by atoms with Crippen molar-refractivity contribution in [1.82, 2.24) is 19.8 Å². The molecule has 6 heteroatoms. The SMILES string of the molecule is CCN1CCN(C(=O)c2nc(C(C)C)ncc2N)CC1C. The number of nitrogens with two attached hydrogens (primary N) is 1. The van der Waals surface area contributed by atoms with E-state index < -0.39 is 0 Å². The fourth-order valence-electron chi connectivity index (χ4n) is 2.65. The number of hydrogen-bond acceptors (Lipinski definition) is 5. The third-order valence-electron chi connectivity index (χ3n) is 4.01. The lowest BCUT2D eigenvalue weighted by Crippen LogP contribution is -2.53. The van der Waals surface area contributed by atoms with E-state index in [4.69, 9.17) is 5.73 Å². The number of hydrogen-bond donors (Lipinski definition) is 1. The molecule has 2 heterocycles. The van der Waals surface area contributed by atoms with E-state index in [1.807, 2.05) is 18.7 Å². The molecule has 0 bridgehead atoms. The third-order valence-corrected chi connectivity index (χ3v) is 4.01. The zero-order valence-corrected chi connectivity index (χ0v) is 13.3. The number of carbonyl (C=O) groups is 1. The summed E-state index contributed by atoms with van der Waals surface area (Å²) in [6, 6.07) is 0.361. The molecule has 1 atom stereocenters. The average molecular weight is 291 g/mol. The van der Waals surface area contributed by atoms with E-state index >= 15 is 0 Å². The molecule has 0 saturated carbocycles. The number of nitrogen functional groups attached to an aromatic ring is 1. The molecule has 21 heavy (non-hydrogen) atoms. The Morgan fingerprint density at radius 1 is 1.48 bits per heavy atom. The van der Waals surface area contributed by atoms with Crippen molar-refractivity contribution in [3.63, 3.8) is 0 Å². The highest BCUT2D eigenvalue weighted by Gasteiger charge is 2.28. The molecule has 2 N–H and O–H groups in total. The summed E-state index contributed by atoms with van der Waals surface area (Å²) < 4.78 is 0. The van der Waals surface area contributed by atoms with E-state index in [2.05, 4.69) is 28.7 Å². The van der Waals surface area contributed by atoms with Crippen LogP contribution < -0.4 is 5.73 Å². The van der Waals surface area contributed by atoms with Crippen molar-refractivity contribution in [3.05, 3.63) is 17.7 Å². The zero-order chi connectivity index (χ0) is 15.6. The molecule has 1 amide bonds. The fourth-order valence-corrected chi connectivity index (χ4v) is 2.65. The summed E-state index contributed by atoms with van der Waals surface area (Å²) in [5.41, 5.74) is 6.60. The first-order valence-corrected chi connectivity index (χ1v) is 7.59. The Hall–Kier alpha value is -1.69. The predicted molar refractivity (Wildman–Crippen MR) is 83.1 cm³/mol. The number of amides is 1. The molecule has 1 fully saturated rings. The number of anilines is 1. The van der Waals surface area contributed by atoms with Crippen molar-refractivity contribution in [3.8, 4) is 0 Å². The minimum atomic E-state index is -0.0839. The minimum absolute atomic E-state index is 0.0839. The van der Waals surface area contributed by atoms with Gasteiger partial charge in [-0.15, -0.1) is 0 Å². The Labute approximate surface area is 126 Å². The summed E-state index contributed by atoms with van der Waals surface area (Å²) in [7, 11) is 0. The van der Waals surface area contributed by atoms with Gasteiger partial charge in [-0.3, -0.25) is 9.69 Å². The van der Waals surface area contributed by atoms with Crippen LogP contribution in [0.4, 0.5) is 5.69 Å². The Kier molecular flexibility index (Phi) is 4.77. The minimum Gasteiger partial charge on any atom is -0.396 e. The highest BCUT2D eigenvalue weighted by Crippen LogP contribution is 2.17. The second-order valence-corrected chi connectivity index (χ2v) is 5.92. The normalized spacial score (nSPS) is 20.0. The molecule has 0 spiro atoms. The van der Waals surface area contributed by atoms with Crippen molar-refractivity contribution in [2.75, 3.05) is 31.9 Å². The molecule has 1 aliphatic rings. The second kappa shape index (κ2) is 6.39. The first-order valence-electron chi connectivity index (χ1n) is 7.59. The zero-order valence-electron chi connectivity index (χ0n) is 13.3. The van der Waals surface area contributed by atoms with E-state index in [1.165, 1.54) is 0 Å². The van der Waals surface area contributed by atoms with E-state index in [1.54, 1.807) is 6.20 Å². The van der Waals surface area contributed by atoms with Crippen LogP contribution in [0.2, 0.25) is 0 Å². The van der Waals surface area contributed by atoms with Gasteiger partial charge in [-0.1, -0.05) is 20.8 Å². The van der Waals surface area contributed by atoms with Gasteiger partial charge in [-0.25, -0.2) is 9.97 Å². The smallest absolute Gasteiger partial charge is 0.274 e. The number of rotatable bonds is 3. The van der Waals surface area contributed by atoms with Crippen molar-refractivity contribution in [1.29, 1.82) is 0 Å². The Morgan fingerprint density at radius 3 is 2.76 bits per heavy atom. The Balaban J connectivity index is 2.19. The van der Waals surface area contributed by atoms with Gasteiger partial charge in [0.25, 0.3) is 5.91 Å². The molecule has 6 nitrogen and oxygen atoms in total. The molecular weight excluding hydrogens is 266 g/mol. The summed E-state index contributed by atoms with van der Waals surface area (Å²) in [5.74, 6) is 0.750. The molecule has 116 valence electrons. The lowest BCUT2D eigenvalue weighted by molar-refractivity contribution is 0.0523. The van der Waals surface area contributed by atoms with E-state index in [0.717, 1.165) is 19.6 Å². The number of carbonyl (C=O) groups excluding carboxylic acids is 1. The van der Waals surface area contributed by atoms with E-state index in [0.29, 0.717) is 29.8 Å². The number of aromatic nitrogens is 2. The number of piperazine rings is 1. The molecule has 1 saturated heterocycles. The van der Waals surface area contributed by atoms with Gasteiger partial charge in [0.1, 0.15) is 5.82 Å². The van der Waals surface area contributed by atoms with Crippen LogP contribution in [0.5, 0.6) is 0 Å². The van der Waals surface area contributed by atoms with Gasteiger partial charge in [0, 0.05) is 31.6 Å². The molecule has 1 aromatic heterocycles. The van der Waals surface area contributed by atoms with Crippen LogP contribution in [-0.4, -0.2) is 57.9 Å². The molecular formula is C15H25N5O. The second-order valence-electron chi connectivity index (χ2n) is 5.92. The fraction of sp³-hybridized carbons (Fsp3) is 0.667.